The van der Waals surface area contributed by atoms with Gasteiger partial charge in [0.15, 0.2) is 10.8 Å². The predicted molar refractivity (Wildman–Crippen MR) is 85.8 cm³/mol. The second-order valence-corrected chi connectivity index (χ2v) is 6.68. The Morgan fingerprint density at radius 3 is 3.00 bits per heavy atom. The summed E-state index contributed by atoms with van der Waals surface area (Å²) in [6.45, 7) is 2.37. The molecule has 1 saturated heterocycles. The summed E-state index contributed by atoms with van der Waals surface area (Å²) < 4.78 is 0.642. The third-order valence-corrected chi connectivity index (χ3v) is 5.21. The smallest absolute Gasteiger partial charge is 0.276 e. The minimum atomic E-state index is -0.486. The number of halogens is 1. The molecule has 1 aliphatic heterocycles. The number of nitrogens with one attached hydrogen (secondary N) is 2. The zero-order valence-corrected chi connectivity index (χ0v) is 14.2. The highest BCUT2D eigenvalue weighted by Crippen LogP contribution is 2.25. The summed E-state index contributed by atoms with van der Waals surface area (Å²) >= 11 is 4.70. The fraction of sp³-hybridized carbons (Fsp3) is 0.385. The van der Waals surface area contributed by atoms with Gasteiger partial charge in [-0.25, -0.2) is 4.98 Å². The van der Waals surface area contributed by atoms with Crippen LogP contribution in [-0.4, -0.2) is 44.5 Å². The van der Waals surface area contributed by atoms with E-state index in [1.54, 1.807) is 16.5 Å². The van der Waals surface area contributed by atoms with Gasteiger partial charge in [-0.2, -0.15) is 5.10 Å². The molecule has 2 amide bonds. The van der Waals surface area contributed by atoms with E-state index in [4.69, 9.17) is 0 Å². The third kappa shape index (κ3) is 2.78. The van der Waals surface area contributed by atoms with Crippen molar-refractivity contribution >= 4 is 44.2 Å². The molecule has 0 saturated carbocycles. The van der Waals surface area contributed by atoms with E-state index >= 15 is 0 Å². The van der Waals surface area contributed by atoms with Crippen LogP contribution in [0.1, 0.15) is 29.0 Å². The van der Waals surface area contributed by atoms with Gasteiger partial charge >= 0.3 is 0 Å². The molecule has 22 heavy (non-hydrogen) atoms. The Morgan fingerprint density at radius 2 is 2.36 bits per heavy atom. The standard InChI is InChI=1S/C13H14BrN5O2S/c1-7-9(14)10(18-17-7)12(21)19-5-2-3-8(19)11(20)16-13-15-4-6-22-13/h4,6,8H,2-3,5H2,1H3,(H,17,18)(H,15,16,20). The Kier molecular flexibility index (Phi) is 4.25. The first-order valence-corrected chi connectivity index (χ1v) is 8.47. The lowest BCUT2D eigenvalue weighted by Gasteiger charge is -2.22. The maximum absolute atomic E-state index is 12.6. The highest BCUT2D eigenvalue weighted by Gasteiger charge is 2.36. The first-order valence-electron chi connectivity index (χ1n) is 6.79. The molecule has 3 heterocycles. The Balaban J connectivity index is 1.76. The molecule has 2 N–H and O–H groups in total. The van der Waals surface area contributed by atoms with Crippen molar-refractivity contribution in [1.82, 2.24) is 20.1 Å². The van der Waals surface area contributed by atoms with Crippen LogP contribution in [0.5, 0.6) is 0 Å². The Hall–Kier alpha value is -1.74. The van der Waals surface area contributed by atoms with Crippen LogP contribution in [0.2, 0.25) is 0 Å². The van der Waals surface area contributed by atoms with Gasteiger partial charge in [0.1, 0.15) is 6.04 Å². The van der Waals surface area contributed by atoms with Crippen molar-refractivity contribution in [2.45, 2.75) is 25.8 Å². The van der Waals surface area contributed by atoms with Gasteiger partial charge in [0, 0.05) is 23.8 Å². The molecular weight excluding hydrogens is 370 g/mol. The molecule has 116 valence electrons. The van der Waals surface area contributed by atoms with Gasteiger partial charge in [-0.05, 0) is 35.7 Å². The molecule has 1 fully saturated rings. The number of rotatable bonds is 3. The molecule has 0 bridgehead atoms. The summed E-state index contributed by atoms with van der Waals surface area (Å²) in [5.41, 5.74) is 1.10. The Labute approximate surface area is 139 Å². The molecule has 1 unspecified atom stereocenters. The number of hydrogen-bond acceptors (Lipinski definition) is 5. The monoisotopic (exact) mass is 383 g/mol. The van der Waals surface area contributed by atoms with Crippen molar-refractivity contribution in [3.05, 3.63) is 27.4 Å². The van der Waals surface area contributed by atoms with Gasteiger partial charge in [0.25, 0.3) is 5.91 Å². The molecule has 7 nitrogen and oxygen atoms in total. The lowest BCUT2D eigenvalue weighted by molar-refractivity contribution is -0.119. The lowest BCUT2D eigenvalue weighted by Crippen LogP contribution is -2.43. The average molecular weight is 384 g/mol. The number of aromatic amines is 1. The molecule has 2 aromatic heterocycles. The highest BCUT2D eigenvalue weighted by atomic mass is 79.9. The lowest BCUT2D eigenvalue weighted by atomic mass is 10.2. The summed E-state index contributed by atoms with van der Waals surface area (Å²) in [5, 5.41) is 11.9. The number of carbonyl (C=O) groups is 2. The summed E-state index contributed by atoms with van der Waals surface area (Å²) in [5.74, 6) is -0.447. The molecule has 3 rings (SSSR count). The van der Waals surface area contributed by atoms with Crippen molar-refractivity contribution in [1.29, 1.82) is 0 Å². The van der Waals surface area contributed by atoms with E-state index in [1.807, 2.05) is 6.92 Å². The van der Waals surface area contributed by atoms with E-state index in [2.05, 4.69) is 36.4 Å². The van der Waals surface area contributed by atoms with Crippen LogP contribution in [0.3, 0.4) is 0 Å². The maximum Gasteiger partial charge on any atom is 0.276 e. The Bertz CT molecular complexity index is 699. The van der Waals surface area contributed by atoms with E-state index in [0.717, 1.165) is 12.1 Å². The van der Waals surface area contributed by atoms with Crippen LogP contribution in [0.15, 0.2) is 16.0 Å². The number of aryl methyl sites for hydroxylation is 1. The molecule has 1 aliphatic rings. The molecule has 0 spiro atoms. The zero-order chi connectivity index (χ0) is 15.7. The van der Waals surface area contributed by atoms with Crippen LogP contribution >= 0.6 is 27.3 Å². The molecule has 2 aromatic rings. The minimum Gasteiger partial charge on any atom is -0.325 e. The van der Waals surface area contributed by atoms with Crippen LogP contribution < -0.4 is 5.32 Å². The van der Waals surface area contributed by atoms with Crippen LogP contribution in [-0.2, 0) is 4.79 Å². The largest absolute Gasteiger partial charge is 0.325 e. The van der Waals surface area contributed by atoms with E-state index in [9.17, 15) is 9.59 Å². The van der Waals surface area contributed by atoms with Gasteiger partial charge in [-0.15, -0.1) is 11.3 Å². The van der Waals surface area contributed by atoms with Crippen molar-refractivity contribution in [3.8, 4) is 0 Å². The maximum atomic E-state index is 12.6. The molecule has 1 atom stereocenters. The molecule has 0 aromatic carbocycles. The molecule has 0 aliphatic carbocycles. The quantitative estimate of drug-likeness (QED) is 0.849. The van der Waals surface area contributed by atoms with Gasteiger partial charge in [-0.3, -0.25) is 14.7 Å². The highest BCUT2D eigenvalue weighted by molar-refractivity contribution is 9.10. The van der Waals surface area contributed by atoms with Crippen molar-refractivity contribution in [2.75, 3.05) is 11.9 Å². The second kappa shape index (κ2) is 6.17. The second-order valence-electron chi connectivity index (χ2n) is 4.99. The number of aromatic nitrogens is 3. The zero-order valence-electron chi connectivity index (χ0n) is 11.8. The summed E-state index contributed by atoms with van der Waals surface area (Å²) in [6, 6.07) is -0.486. The fourth-order valence-corrected chi connectivity index (χ4v) is 3.33. The number of nitrogens with zero attached hydrogens (tertiary/aromatic N) is 3. The van der Waals surface area contributed by atoms with Crippen molar-refractivity contribution < 1.29 is 9.59 Å². The SMILES string of the molecule is Cc1[nH]nc(C(=O)N2CCCC2C(=O)Nc2nccs2)c1Br. The number of likely N-dealkylation sites (tertiary alicyclic amines) is 1. The first-order chi connectivity index (χ1) is 10.6. The first kappa shape index (κ1) is 15.2. The topological polar surface area (TPSA) is 91.0 Å². The van der Waals surface area contributed by atoms with Gasteiger partial charge in [0.05, 0.1) is 4.47 Å². The number of carbonyl (C=O) groups excluding carboxylic acids is 2. The summed E-state index contributed by atoms with van der Waals surface area (Å²) in [6.07, 6.45) is 3.06. The van der Waals surface area contributed by atoms with Gasteiger partial charge < -0.3 is 10.2 Å². The molecule has 0 radical (unpaired) electrons. The van der Waals surface area contributed by atoms with E-state index in [1.165, 1.54) is 11.3 Å². The van der Waals surface area contributed by atoms with Crippen molar-refractivity contribution in [3.63, 3.8) is 0 Å². The van der Waals surface area contributed by atoms with Gasteiger partial charge in [-0.1, -0.05) is 0 Å². The number of amides is 2. The number of hydrogen-bond donors (Lipinski definition) is 2. The fourth-order valence-electron chi connectivity index (χ4n) is 2.45. The number of anilines is 1. The van der Waals surface area contributed by atoms with Gasteiger partial charge in [0.2, 0.25) is 5.91 Å². The van der Waals surface area contributed by atoms with Crippen molar-refractivity contribution in [2.24, 2.45) is 0 Å². The summed E-state index contributed by atoms with van der Waals surface area (Å²) in [4.78, 5) is 30.6. The van der Waals surface area contributed by atoms with E-state index < -0.39 is 6.04 Å². The van der Waals surface area contributed by atoms with E-state index in [-0.39, 0.29) is 11.8 Å². The third-order valence-electron chi connectivity index (χ3n) is 3.55. The minimum absolute atomic E-state index is 0.204. The van der Waals surface area contributed by atoms with Crippen LogP contribution in [0, 0.1) is 6.92 Å². The number of thiazole rings is 1. The van der Waals surface area contributed by atoms with Crippen LogP contribution in [0.25, 0.3) is 0 Å². The predicted octanol–water partition coefficient (Wildman–Crippen LogP) is 2.18. The Morgan fingerprint density at radius 1 is 1.55 bits per heavy atom. The van der Waals surface area contributed by atoms with E-state index in [0.29, 0.717) is 28.3 Å². The molecule has 9 heteroatoms. The average Bonchev–Trinajstić information content (AvgIpc) is 3.21. The normalized spacial score (nSPS) is 17.7. The number of H-pyrrole nitrogens is 1. The summed E-state index contributed by atoms with van der Waals surface area (Å²) in [7, 11) is 0. The van der Waals surface area contributed by atoms with Crippen LogP contribution in [0.4, 0.5) is 5.13 Å². The molecular formula is C13H14BrN5O2S.